The summed E-state index contributed by atoms with van der Waals surface area (Å²) in [4.78, 5) is 4.72. The highest BCUT2D eigenvalue weighted by Gasteiger charge is 2.18. The van der Waals surface area contributed by atoms with Crippen molar-refractivity contribution in [2.75, 3.05) is 0 Å². The number of H-pyrrole nitrogens is 1. The summed E-state index contributed by atoms with van der Waals surface area (Å²) >= 11 is 7.23. The Kier molecular flexibility index (Phi) is 6.43. The van der Waals surface area contributed by atoms with Gasteiger partial charge in [0.15, 0.2) is 11.6 Å². The molecule has 0 amide bonds. The number of benzene rings is 1. The monoisotopic (exact) mass is 532 g/mol. The van der Waals surface area contributed by atoms with E-state index in [-0.39, 0.29) is 0 Å². The molecule has 0 atom stereocenters. The Balaban J connectivity index is 1.62. The fourth-order valence-electron chi connectivity index (χ4n) is 3.40. The van der Waals surface area contributed by atoms with Crippen molar-refractivity contribution in [3.05, 3.63) is 56.6 Å². The van der Waals surface area contributed by atoms with Crippen molar-refractivity contribution in [2.45, 2.75) is 46.1 Å². The second kappa shape index (κ2) is 9.22. The maximum Gasteiger partial charge on any atom is 0.197 e. The van der Waals surface area contributed by atoms with Gasteiger partial charge in [0.25, 0.3) is 0 Å². The Morgan fingerprint density at radius 1 is 1.03 bits per heavy atom. The molecule has 8 nitrogen and oxygen atoms in total. The highest BCUT2D eigenvalue weighted by molar-refractivity contribution is 9.11. The molecule has 0 bridgehead atoms. The largest absolute Gasteiger partial charge is 0.300 e. The van der Waals surface area contributed by atoms with Gasteiger partial charge in [-0.2, -0.15) is 5.10 Å². The van der Waals surface area contributed by atoms with Crippen LogP contribution in [0.1, 0.15) is 43.9 Å². The third-order valence-corrected chi connectivity index (χ3v) is 5.93. The average Bonchev–Trinajstić information content (AvgIpc) is 3.43. The summed E-state index contributed by atoms with van der Waals surface area (Å²) in [7, 11) is 0. The van der Waals surface area contributed by atoms with Gasteiger partial charge in [0.2, 0.25) is 0 Å². The van der Waals surface area contributed by atoms with Crippen LogP contribution in [0.25, 0.3) is 17.2 Å². The molecule has 0 aliphatic heterocycles. The summed E-state index contributed by atoms with van der Waals surface area (Å²) in [5.74, 6) is 2.58. The lowest BCUT2D eigenvalue weighted by atomic mass is 10.2. The minimum Gasteiger partial charge on any atom is -0.300 e. The topological polar surface area (TPSA) is 90.1 Å². The van der Waals surface area contributed by atoms with Crippen LogP contribution in [-0.2, 0) is 19.4 Å². The maximum atomic E-state index is 4.72. The van der Waals surface area contributed by atoms with Crippen LogP contribution in [0.5, 0.6) is 0 Å². The molecule has 3 aromatic heterocycles. The van der Waals surface area contributed by atoms with E-state index in [9.17, 15) is 0 Å². The molecule has 30 heavy (non-hydrogen) atoms. The predicted molar refractivity (Wildman–Crippen MR) is 121 cm³/mol. The first-order valence-electron chi connectivity index (χ1n) is 9.93. The number of aromatic amines is 1. The molecule has 1 N–H and O–H groups in total. The summed E-state index contributed by atoms with van der Waals surface area (Å²) in [6.07, 6.45) is 3.96. The van der Waals surface area contributed by atoms with E-state index in [1.165, 1.54) is 5.56 Å². The fraction of sp³-hybridized carbons (Fsp3) is 0.350. The molecule has 4 rings (SSSR count). The second-order valence-corrected chi connectivity index (χ2v) is 8.68. The van der Waals surface area contributed by atoms with Gasteiger partial charge < -0.3 is 0 Å². The lowest BCUT2D eigenvalue weighted by Crippen LogP contribution is -2.07. The number of hydrogen-bond donors (Lipinski definition) is 1. The van der Waals surface area contributed by atoms with Crippen molar-refractivity contribution in [2.24, 2.45) is 0 Å². The number of hydrogen-bond acceptors (Lipinski definition) is 5. The lowest BCUT2D eigenvalue weighted by molar-refractivity contribution is 0.623. The Bertz CT molecular complexity index is 1110. The molecule has 10 heteroatoms. The zero-order valence-electron chi connectivity index (χ0n) is 16.8. The van der Waals surface area contributed by atoms with E-state index >= 15 is 0 Å². The van der Waals surface area contributed by atoms with Crippen LogP contribution in [0.4, 0.5) is 0 Å². The van der Waals surface area contributed by atoms with Crippen molar-refractivity contribution < 1.29 is 0 Å². The van der Waals surface area contributed by atoms with Crippen LogP contribution >= 0.6 is 31.9 Å². The van der Waals surface area contributed by atoms with Crippen molar-refractivity contribution in [3.8, 4) is 17.2 Å². The lowest BCUT2D eigenvalue weighted by Gasteiger charge is -2.11. The highest BCUT2D eigenvalue weighted by atomic mass is 79.9. The maximum absolute atomic E-state index is 4.72. The molecule has 0 spiro atoms. The smallest absolute Gasteiger partial charge is 0.197 e. The van der Waals surface area contributed by atoms with Gasteiger partial charge in [-0.15, -0.1) is 5.10 Å². The second-order valence-electron chi connectivity index (χ2n) is 7.02. The standard InChI is InChI=1S/C20H22Br2N8/c1-3-5-17-23-18(6-4-2)29(26-17)12-13-7-9-14(10-8-13)30-16(22)11-15(21)19(30)20-24-27-28-25-20/h7-11H,3-6,12H2,1-2H3,(H,24,25,27,28). The van der Waals surface area contributed by atoms with Crippen molar-refractivity contribution in [1.29, 1.82) is 0 Å². The summed E-state index contributed by atoms with van der Waals surface area (Å²) < 4.78 is 5.89. The summed E-state index contributed by atoms with van der Waals surface area (Å²) in [6.45, 7) is 5.03. The van der Waals surface area contributed by atoms with Gasteiger partial charge in [-0.3, -0.25) is 4.57 Å². The van der Waals surface area contributed by atoms with E-state index in [1.54, 1.807) is 0 Å². The zero-order valence-corrected chi connectivity index (χ0v) is 20.0. The molecule has 0 saturated heterocycles. The first-order chi connectivity index (χ1) is 14.6. The van der Waals surface area contributed by atoms with Gasteiger partial charge in [0, 0.05) is 23.0 Å². The van der Waals surface area contributed by atoms with Crippen LogP contribution in [0.15, 0.2) is 39.4 Å². The van der Waals surface area contributed by atoms with Crippen LogP contribution in [0, 0.1) is 0 Å². The molecule has 1 aromatic carbocycles. The molecule has 0 aliphatic carbocycles. The Morgan fingerprint density at radius 3 is 2.47 bits per heavy atom. The Hall–Kier alpha value is -2.33. The minimum absolute atomic E-state index is 0.590. The van der Waals surface area contributed by atoms with Crippen molar-refractivity contribution in [3.63, 3.8) is 0 Å². The number of nitrogens with zero attached hydrogens (tertiary/aromatic N) is 7. The number of halogens is 2. The van der Waals surface area contributed by atoms with Crippen molar-refractivity contribution >= 4 is 31.9 Å². The SMILES string of the molecule is CCCc1nc(CCC)n(Cc2ccc(-n3c(Br)cc(Br)c3-c3nnn[nH]3)cc2)n1. The molecule has 3 heterocycles. The van der Waals surface area contributed by atoms with E-state index in [4.69, 9.17) is 10.1 Å². The molecule has 156 valence electrons. The molecule has 0 unspecified atom stereocenters. The predicted octanol–water partition coefficient (Wildman–Crippen LogP) is 4.73. The van der Waals surface area contributed by atoms with E-state index in [2.05, 4.69) is 90.6 Å². The van der Waals surface area contributed by atoms with Gasteiger partial charge in [-0.1, -0.05) is 26.0 Å². The number of aryl methyl sites for hydroxylation is 2. The number of aromatic nitrogens is 8. The first-order valence-corrected chi connectivity index (χ1v) is 11.5. The van der Waals surface area contributed by atoms with Crippen LogP contribution < -0.4 is 0 Å². The number of nitrogens with one attached hydrogen (secondary N) is 1. The van der Waals surface area contributed by atoms with Crippen molar-refractivity contribution in [1.82, 2.24) is 40.0 Å². The average molecular weight is 534 g/mol. The molecule has 0 aliphatic rings. The summed E-state index contributed by atoms with van der Waals surface area (Å²) in [6, 6.07) is 10.4. The quantitative estimate of drug-likeness (QED) is 0.353. The molecular weight excluding hydrogens is 512 g/mol. The van der Waals surface area contributed by atoms with Gasteiger partial charge in [0.05, 0.1) is 11.1 Å². The van der Waals surface area contributed by atoms with Gasteiger partial charge in [0.1, 0.15) is 11.5 Å². The Morgan fingerprint density at radius 2 is 1.80 bits per heavy atom. The highest BCUT2D eigenvalue weighted by Crippen LogP contribution is 2.34. The minimum atomic E-state index is 0.590. The van der Waals surface area contributed by atoms with Crippen LogP contribution in [-0.4, -0.2) is 40.0 Å². The molecular formula is C20H22Br2N8. The van der Waals surface area contributed by atoms with Gasteiger partial charge in [-0.25, -0.2) is 14.8 Å². The summed E-state index contributed by atoms with van der Waals surface area (Å²) in [5, 5.41) is 19.0. The number of rotatable bonds is 8. The van der Waals surface area contributed by atoms with E-state index in [0.29, 0.717) is 12.4 Å². The van der Waals surface area contributed by atoms with E-state index < -0.39 is 0 Å². The van der Waals surface area contributed by atoms with Crippen LogP contribution in [0.2, 0.25) is 0 Å². The third-order valence-electron chi connectivity index (χ3n) is 4.75. The Labute approximate surface area is 191 Å². The summed E-state index contributed by atoms with van der Waals surface area (Å²) in [5.41, 5.74) is 3.03. The molecule has 0 radical (unpaired) electrons. The van der Waals surface area contributed by atoms with E-state index in [1.807, 2.05) is 15.3 Å². The zero-order chi connectivity index (χ0) is 21.1. The van der Waals surface area contributed by atoms with Gasteiger partial charge in [-0.05, 0) is 78.9 Å². The molecule has 4 aromatic rings. The van der Waals surface area contributed by atoms with E-state index in [0.717, 1.165) is 57.8 Å². The first kappa shape index (κ1) is 20.9. The fourth-order valence-corrected chi connectivity index (χ4v) is 4.90. The third kappa shape index (κ3) is 4.24. The molecule has 0 saturated carbocycles. The normalized spacial score (nSPS) is 11.3. The van der Waals surface area contributed by atoms with Gasteiger partial charge >= 0.3 is 0 Å². The number of tetrazole rings is 1. The molecule has 0 fully saturated rings. The van der Waals surface area contributed by atoms with Crippen LogP contribution in [0.3, 0.4) is 0 Å².